The molecule has 3 aromatic rings. The lowest BCUT2D eigenvalue weighted by atomic mass is 10.00. The van der Waals surface area contributed by atoms with Gasteiger partial charge in [-0.2, -0.15) is 4.98 Å². The van der Waals surface area contributed by atoms with Crippen molar-refractivity contribution in [3.63, 3.8) is 0 Å². The number of oxazole rings is 1. The molecule has 0 fully saturated rings. The summed E-state index contributed by atoms with van der Waals surface area (Å²) in [4.78, 5) is 16.8. The van der Waals surface area contributed by atoms with Crippen molar-refractivity contribution >= 4 is 21.9 Å². The Balaban J connectivity index is 1.75. The molecule has 37 heavy (non-hydrogen) atoms. The number of nitrogens with one attached hydrogen (secondary N) is 3. The average molecular weight is 537 g/mol. The van der Waals surface area contributed by atoms with Gasteiger partial charge in [-0.15, -0.1) is 0 Å². The van der Waals surface area contributed by atoms with E-state index in [1.165, 1.54) is 12.5 Å². The van der Waals surface area contributed by atoms with E-state index in [2.05, 4.69) is 22.5 Å². The molecule has 0 bridgehead atoms. The molecule has 4 N–H and O–H groups in total. The van der Waals surface area contributed by atoms with E-state index in [0.29, 0.717) is 6.54 Å². The average Bonchev–Trinajstić information content (AvgIpc) is 3.16. The number of aryl methyl sites for hydroxylation is 2. The minimum atomic E-state index is -3.69. The number of sulfonamides is 1. The first-order valence-electron chi connectivity index (χ1n) is 11.6. The van der Waals surface area contributed by atoms with Crippen LogP contribution < -0.4 is 15.4 Å². The topological polar surface area (TPSA) is 134 Å². The van der Waals surface area contributed by atoms with Crippen molar-refractivity contribution in [3.8, 4) is 0 Å². The van der Waals surface area contributed by atoms with Crippen molar-refractivity contribution in [2.24, 2.45) is 0 Å². The second-order valence-corrected chi connectivity index (χ2v) is 10.5. The SMILES string of the molecule is CCc1cccc(CNC[C@H](O)[C@H](Cc2cc(F)cc(F)c2)NC(=O)c2oc(NS(C)(=O)=O)nc2C)c1. The Labute approximate surface area is 214 Å². The molecule has 0 radical (unpaired) electrons. The maximum Gasteiger partial charge on any atom is 0.309 e. The molecule has 2 atom stereocenters. The Morgan fingerprint density at radius 2 is 1.78 bits per heavy atom. The Bertz CT molecular complexity index is 1330. The van der Waals surface area contributed by atoms with Crippen LogP contribution in [0.1, 0.15) is 39.9 Å². The van der Waals surface area contributed by atoms with Gasteiger partial charge in [0, 0.05) is 19.2 Å². The van der Waals surface area contributed by atoms with Crippen LogP contribution in [0.5, 0.6) is 0 Å². The van der Waals surface area contributed by atoms with E-state index in [4.69, 9.17) is 4.42 Å². The van der Waals surface area contributed by atoms with Crippen LogP contribution in [0.25, 0.3) is 0 Å². The Hall–Kier alpha value is -3.35. The highest BCUT2D eigenvalue weighted by Gasteiger charge is 2.26. The molecular formula is C25H30F2N4O5S. The van der Waals surface area contributed by atoms with E-state index >= 15 is 0 Å². The largest absolute Gasteiger partial charge is 0.417 e. The van der Waals surface area contributed by atoms with Gasteiger partial charge < -0.3 is 20.2 Å². The van der Waals surface area contributed by atoms with E-state index in [-0.39, 0.29) is 36.0 Å². The number of carbonyl (C=O) groups is 1. The number of aromatic nitrogens is 1. The van der Waals surface area contributed by atoms with E-state index < -0.39 is 39.7 Å². The molecule has 1 amide bonds. The molecule has 1 aromatic heterocycles. The number of aliphatic hydroxyl groups is 1. The van der Waals surface area contributed by atoms with Crippen LogP contribution in [0.15, 0.2) is 46.9 Å². The van der Waals surface area contributed by atoms with Crippen LogP contribution in [-0.4, -0.2) is 49.4 Å². The zero-order valence-corrected chi connectivity index (χ0v) is 21.5. The maximum absolute atomic E-state index is 13.8. The van der Waals surface area contributed by atoms with Gasteiger partial charge in [0.05, 0.1) is 24.1 Å². The highest BCUT2D eigenvalue weighted by atomic mass is 32.2. The summed E-state index contributed by atoms with van der Waals surface area (Å²) in [5.74, 6) is -2.61. The van der Waals surface area contributed by atoms with Crippen molar-refractivity contribution in [1.29, 1.82) is 0 Å². The fourth-order valence-electron chi connectivity index (χ4n) is 3.78. The Morgan fingerprint density at radius 3 is 2.43 bits per heavy atom. The Kier molecular flexibility index (Phi) is 9.35. The lowest BCUT2D eigenvalue weighted by Gasteiger charge is -2.24. The standard InChI is InChI=1S/C25H30F2N4O5S/c1-4-16-6-5-7-17(8-16)13-28-14-22(32)21(11-18-9-19(26)12-20(27)10-18)30-24(33)23-15(2)29-25(36-23)31-37(3,34)35/h5-10,12,21-22,28,32H,4,11,13-14H2,1-3H3,(H,29,31)(H,30,33)/t21-,22-/m0/s1. The summed E-state index contributed by atoms with van der Waals surface area (Å²) in [6, 6.07) is 9.56. The number of aliphatic hydroxyl groups excluding tert-OH is 1. The molecule has 1 heterocycles. The fraction of sp³-hybridized carbons (Fsp3) is 0.360. The zero-order chi connectivity index (χ0) is 27.2. The molecule has 12 heteroatoms. The predicted molar refractivity (Wildman–Crippen MR) is 135 cm³/mol. The lowest BCUT2D eigenvalue weighted by molar-refractivity contribution is 0.0805. The van der Waals surface area contributed by atoms with E-state index in [1.54, 1.807) is 0 Å². The van der Waals surface area contributed by atoms with Crippen molar-refractivity contribution in [2.45, 2.75) is 45.4 Å². The van der Waals surface area contributed by atoms with E-state index in [0.717, 1.165) is 36.4 Å². The number of halogens is 2. The van der Waals surface area contributed by atoms with Gasteiger partial charge in [0.2, 0.25) is 15.8 Å². The monoisotopic (exact) mass is 536 g/mol. The first-order chi connectivity index (χ1) is 17.4. The van der Waals surface area contributed by atoms with Gasteiger partial charge >= 0.3 is 6.01 Å². The summed E-state index contributed by atoms with van der Waals surface area (Å²) in [6.45, 7) is 4.03. The second-order valence-electron chi connectivity index (χ2n) is 8.74. The molecule has 9 nitrogen and oxygen atoms in total. The number of amides is 1. The van der Waals surface area contributed by atoms with Gasteiger partial charge in [-0.25, -0.2) is 21.9 Å². The van der Waals surface area contributed by atoms with Crippen LogP contribution in [0.4, 0.5) is 14.8 Å². The van der Waals surface area contributed by atoms with Gasteiger partial charge in [0.15, 0.2) is 0 Å². The molecule has 0 spiro atoms. The van der Waals surface area contributed by atoms with Crippen LogP contribution in [0, 0.1) is 18.6 Å². The molecule has 0 aliphatic carbocycles. The Morgan fingerprint density at radius 1 is 1.11 bits per heavy atom. The van der Waals surface area contributed by atoms with Gasteiger partial charge in [-0.3, -0.25) is 4.79 Å². The van der Waals surface area contributed by atoms with Crippen LogP contribution >= 0.6 is 0 Å². The van der Waals surface area contributed by atoms with Crippen molar-refractivity contribution < 1.29 is 31.5 Å². The van der Waals surface area contributed by atoms with Gasteiger partial charge in [-0.05, 0) is 48.6 Å². The second kappa shape index (κ2) is 12.3. The summed E-state index contributed by atoms with van der Waals surface area (Å²) in [6.07, 6.45) is 0.553. The first-order valence-corrected chi connectivity index (χ1v) is 13.5. The molecule has 0 aliphatic rings. The van der Waals surface area contributed by atoms with Gasteiger partial charge in [-0.1, -0.05) is 31.2 Å². The molecule has 200 valence electrons. The number of rotatable bonds is 12. The molecule has 2 aromatic carbocycles. The third kappa shape index (κ3) is 8.62. The van der Waals surface area contributed by atoms with Crippen molar-refractivity contribution in [2.75, 3.05) is 17.5 Å². The molecule has 0 saturated heterocycles. The number of carbonyl (C=O) groups excluding carboxylic acids is 1. The highest BCUT2D eigenvalue weighted by molar-refractivity contribution is 7.91. The molecular weight excluding hydrogens is 506 g/mol. The number of hydrogen-bond donors (Lipinski definition) is 4. The minimum Gasteiger partial charge on any atom is -0.417 e. The molecule has 0 saturated carbocycles. The molecule has 0 unspecified atom stereocenters. The normalized spacial score (nSPS) is 13.2. The van der Waals surface area contributed by atoms with Gasteiger partial charge in [0.25, 0.3) is 5.91 Å². The van der Waals surface area contributed by atoms with Crippen LogP contribution in [0.2, 0.25) is 0 Å². The summed E-state index contributed by atoms with van der Waals surface area (Å²) in [7, 11) is -3.69. The third-order valence-electron chi connectivity index (χ3n) is 5.52. The maximum atomic E-state index is 13.8. The highest BCUT2D eigenvalue weighted by Crippen LogP contribution is 2.17. The number of nitrogens with zero attached hydrogens (tertiary/aromatic N) is 1. The lowest BCUT2D eigenvalue weighted by Crippen LogP contribution is -2.48. The van der Waals surface area contributed by atoms with E-state index in [9.17, 15) is 27.1 Å². The summed E-state index contributed by atoms with van der Waals surface area (Å²) in [5, 5.41) is 16.7. The quantitative estimate of drug-likeness (QED) is 0.280. The zero-order valence-electron chi connectivity index (χ0n) is 20.7. The predicted octanol–water partition coefficient (Wildman–Crippen LogP) is 2.69. The summed E-state index contributed by atoms with van der Waals surface area (Å²) >= 11 is 0. The van der Waals surface area contributed by atoms with Crippen LogP contribution in [-0.2, 0) is 29.4 Å². The van der Waals surface area contributed by atoms with E-state index in [1.807, 2.05) is 29.0 Å². The first kappa shape index (κ1) is 28.2. The summed E-state index contributed by atoms with van der Waals surface area (Å²) in [5.41, 5.74) is 2.53. The fourth-order valence-corrected chi connectivity index (χ4v) is 4.18. The number of benzene rings is 2. The third-order valence-corrected chi connectivity index (χ3v) is 6.06. The minimum absolute atomic E-state index is 0.0648. The summed E-state index contributed by atoms with van der Waals surface area (Å²) < 4.78 is 57.7. The smallest absolute Gasteiger partial charge is 0.309 e. The van der Waals surface area contributed by atoms with Crippen molar-refractivity contribution in [3.05, 3.63) is 82.2 Å². The molecule has 3 rings (SSSR count). The number of anilines is 1. The molecule has 0 aliphatic heterocycles. The van der Waals surface area contributed by atoms with Gasteiger partial charge in [0.1, 0.15) is 11.6 Å². The van der Waals surface area contributed by atoms with Crippen molar-refractivity contribution in [1.82, 2.24) is 15.6 Å². The van der Waals surface area contributed by atoms with Crippen LogP contribution in [0.3, 0.4) is 0 Å². The number of hydrogen-bond acceptors (Lipinski definition) is 7.